The molecule has 2 aromatic rings. The molecule has 0 N–H and O–H groups in total. The van der Waals surface area contributed by atoms with Gasteiger partial charge in [0, 0.05) is 11.6 Å². The van der Waals surface area contributed by atoms with Gasteiger partial charge in [-0.2, -0.15) is 0 Å². The molecule has 1 aliphatic carbocycles. The lowest BCUT2D eigenvalue weighted by Crippen LogP contribution is -1.97. The number of rotatable bonds is 2. The highest BCUT2D eigenvalue weighted by atomic mass is 35.5. The van der Waals surface area contributed by atoms with Gasteiger partial charge in [-0.1, -0.05) is 11.6 Å². The van der Waals surface area contributed by atoms with Gasteiger partial charge in [0.2, 0.25) is 0 Å². The molecule has 0 saturated heterocycles. The van der Waals surface area contributed by atoms with Gasteiger partial charge in [0.05, 0.1) is 11.0 Å². The number of halogens is 1. The number of nitrogens with zero attached hydrogens (tertiary/aromatic N) is 2. The van der Waals surface area contributed by atoms with Crippen molar-refractivity contribution in [2.45, 2.75) is 19.4 Å². The molecular weight excluding hydrogens is 196 g/mol. The van der Waals surface area contributed by atoms with Gasteiger partial charge < -0.3 is 4.57 Å². The smallest absolute Gasteiger partial charge is 0.177 e. The van der Waals surface area contributed by atoms with Gasteiger partial charge in [-0.25, -0.2) is 4.98 Å². The number of hydrogen-bond donors (Lipinski definition) is 0. The number of hydrogen-bond acceptors (Lipinski definition) is 1. The van der Waals surface area contributed by atoms with Crippen molar-refractivity contribution in [3.63, 3.8) is 0 Å². The molecule has 0 unspecified atom stereocenters. The maximum atomic E-state index is 5.88. The molecule has 3 rings (SSSR count). The zero-order valence-corrected chi connectivity index (χ0v) is 8.46. The summed E-state index contributed by atoms with van der Waals surface area (Å²) in [5.74, 6) is 0.847. The third-order valence-electron chi connectivity index (χ3n) is 2.66. The molecule has 0 bridgehead atoms. The highest BCUT2D eigenvalue weighted by Crippen LogP contribution is 2.31. The van der Waals surface area contributed by atoms with Crippen LogP contribution in [0.5, 0.6) is 0 Å². The van der Waals surface area contributed by atoms with E-state index in [0.717, 1.165) is 28.5 Å². The lowest BCUT2D eigenvalue weighted by Gasteiger charge is -2.00. The van der Waals surface area contributed by atoms with Gasteiger partial charge >= 0.3 is 0 Å². The predicted molar refractivity (Wildman–Crippen MR) is 56.3 cm³/mol. The Labute approximate surface area is 87.5 Å². The molecule has 1 fully saturated rings. The van der Waals surface area contributed by atoms with Crippen LogP contribution in [-0.2, 0) is 6.54 Å². The van der Waals surface area contributed by atoms with Crippen molar-refractivity contribution in [2.75, 3.05) is 0 Å². The molecule has 3 heteroatoms. The van der Waals surface area contributed by atoms with Gasteiger partial charge in [-0.05, 0) is 37.0 Å². The Morgan fingerprint density at radius 3 is 3.14 bits per heavy atom. The van der Waals surface area contributed by atoms with Crippen LogP contribution in [0.4, 0.5) is 0 Å². The molecule has 1 radical (unpaired) electrons. The Kier molecular flexibility index (Phi) is 1.77. The molecule has 71 valence electrons. The lowest BCUT2D eigenvalue weighted by atomic mass is 10.3. The third-order valence-corrected chi connectivity index (χ3v) is 2.89. The monoisotopic (exact) mass is 205 g/mol. The van der Waals surface area contributed by atoms with E-state index in [0.29, 0.717) is 0 Å². The molecule has 0 atom stereocenters. The summed E-state index contributed by atoms with van der Waals surface area (Å²) in [5.41, 5.74) is 2.08. The van der Waals surface area contributed by atoms with E-state index in [1.807, 2.05) is 18.2 Å². The van der Waals surface area contributed by atoms with Crippen LogP contribution in [0, 0.1) is 12.2 Å². The van der Waals surface area contributed by atoms with E-state index in [4.69, 9.17) is 11.6 Å². The lowest BCUT2D eigenvalue weighted by molar-refractivity contribution is 0.638. The van der Waals surface area contributed by atoms with Crippen LogP contribution in [0.25, 0.3) is 11.0 Å². The number of aromatic nitrogens is 2. The second-order valence-electron chi connectivity index (χ2n) is 3.90. The molecule has 0 amide bonds. The standard InChI is InChI=1S/C11H10ClN2/c12-9-3-4-11-10(5-9)13-7-14(11)6-8-1-2-8/h3-5,8H,1-2,6H2. The molecule has 1 aromatic carbocycles. The van der Waals surface area contributed by atoms with E-state index < -0.39 is 0 Å². The topological polar surface area (TPSA) is 17.8 Å². The van der Waals surface area contributed by atoms with Gasteiger partial charge in [0.15, 0.2) is 6.33 Å². The molecule has 1 aliphatic rings. The summed E-state index contributed by atoms with van der Waals surface area (Å²) in [7, 11) is 0. The van der Waals surface area contributed by atoms with Crippen molar-refractivity contribution in [1.82, 2.24) is 9.55 Å². The Morgan fingerprint density at radius 1 is 1.50 bits per heavy atom. The van der Waals surface area contributed by atoms with Gasteiger partial charge in [-0.3, -0.25) is 0 Å². The molecule has 2 nitrogen and oxygen atoms in total. The van der Waals surface area contributed by atoms with Crippen LogP contribution >= 0.6 is 11.6 Å². The minimum absolute atomic E-state index is 0.738. The molecule has 0 spiro atoms. The van der Waals surface area contributed by atoms with E-state index >= 15 is 0 Å². The fourth-order valence-corrected chi connectivity index (χ4v) is 1.85. The predicted octanol–water partition coefficient (Wildman–Crippen LogP) is 2.90. The fraction of sp³-hybridized carbons (Fsp3) is 0.364. The minimum Gasteiger partial charge on any atom is -0.321 e. The zero-order valence-electron chi connectivity index (χ0n) is 7.70. The summed E-state index contributed by atoms with van der Waals surface area (Å²) in [5, 5.41) is 0.738. The van der Waals surface area contributed by atoms with Crippen LogP contribution < -0.4 is 0 Å². The fourth-order valence-electron chi connectivity index (χ4n) is 1.68. The first-order chi connectivity index (χ1) is 6.83. The van der Waals surface area contributed by atoms with Crippen LogP contribution in [0.2, 0.25) is 5.02 Å². The Hall–Kier alpha value is -1.02. The highest BCUT2D eigenvalue weighted by molar-refractivity contribution is 6.31. The maximum Gasteiger partial charge on any atom is 0.177 e. The van der Waals surface area contributed by atoms with Crippen LogP contribution in [0.1, 0.15) is 12.8 Å². The largest absolute Gasteiger partial charge is 0.321 e. The van der Waals surface area contributed by atoms with Crippen LogP contribution in [-0.4, -0.2) is 9.55 Å². The zero-order chi connectivity index (χ0) is 9.54. The quantitative estimate of drug-likeness (QED) is 0.737. The summed E-state index contributed by atoms with van der Waals surface area (Å²) in [6, 6.07) is 5.81. The second-order valence-corrected chi connectivity index (χ2v) is 4.34. The first-order valence-electron chi connectivity index (χ1n) is 4.86. The Bertz CT molecular complexity index is 471. The summed E-state index contributed by atoms with van der Waals surface area (Å²) >= 11 is 5.88. The highest BCUT2D eigenvalue weighted by Gasteiger charge is 2.22. The van der Waals surface area contributed by atoms with Crippen molar-refractivity contribution >= 4 is 22.6 Å². The van der Waals surface area contributed by atoms with E-state index in [1.165, 1.54) is 12.8 Å². The summed E-state index contributed by atoms with van der Waals surface area (Å²) in [6.45, 7) is 1.05. The Morgan fingerprint density at radius 2 is 2.36 bits per heavy atom. The van der Waals surface area contributed by atoms with E-state index in [2.05, 4.69) is 15.9 Å². The molecule has 0 aliphatic heterocycles. The first kappa shape index (κ1) is 8.30. The Balaban J connectivity index is 2.06. The number of fused-ring (bicyclic) bond motifs is 1. The van der Waals surface area contributed by atoms with Crippen LogP contribution in [0.3, 0.4) is 0 Å². The molecule has 1 aromatic heterocycles. The number of imidazole rings is 1. The number of benzene rings is 1. The van der Waals surface area contributed by atoms with Crippen molar-refractivity contribution in [3.05, 3.63) is 29.5 Å². The molecule has 14 heavy (non-hydrogen) atoms. The van der Waals surface area contributed by atoms with Crippen molar-refractivity contribution in [2.24, 2.45) is 5.92 Å². The van der Waals surface area contributed by atoms with E-state index in [9.17, 15) is 0 Å². The van der Waals surface area contributed by atoms with Crippen molar-refractivity contribution in [3.8, 4) is 0 Å². The normalized spacial score (nSPS) is 16.4. The third kappa shape index (κ3) is 1.40. The van der Waals surface area contributed by atoms with Crippen molar-refractivity contribution in [1.29, 1.82) is 0 Å². The van der Waals surface area contributed by atoms with Gasteiger partial charge in [0.25, 0.3) is 0 Å². The average Bonchev–Trinajstić information content (AvgIpc) is 2.89. The van der Waals surface area contributed by atoms with E-state index in [1.54, 1.807) is 0 Å². The first-order valence-corrected chi connectivity index (χ1v) is 5.24. The van der Waals surface area contributed by atoms with Gasteiger partial charge in [0.1, 0.15) is 0 Å². The van der Waals surface area contributed by atoms with Crippen molar-refractivity contribution < 1.29 is 0 Å². The van der Waals surface area contributed by atoms with Crippen LogP contribution in [0.15, 0.2) is 18.2 Å². The summed E-state index contributed by atoms with van der Waals surface area (Å²) in [6.07, 6.45) is 5.72. The summed E-state index contributed by atoms with van der Waals surface area (Å²) < 4.78 is 2.10. The average molecular weight is 206 g/mol. The SMILES string of the molecule is Clc1ccc2c(c1)n[c]n2CC1CC1. The molecule has 1 heterocycles. The molecular formula is C11H10ClN2. The van der Waals surface area contributed by atoms with Gasteiger partial charge in [-0.15, -0.1) is 0 Å². The maximum absolute atomic E-state index is 5.88. The van der Waals surface area contributed by atoms with E-state index in [-0.39, 0.29) is 0 Å². The second kappa shape index (κ2) is 2.99. The summed E-state index contributed by atoms with van der Waals surface area (Å²) in [4.78, 5) is 4.21. The minimum atomic E-state index is 0.738. The molecule has 1 saturated carbocycles.